The second-order valence-electron chi connectivity index (χ2n) is 9.23. The SMILES string of the molecule is CCCCCCCCOc1ccc(-c2ncc(OCCCCCCCC3CC3)cn2)cc1. The van der Waals surface area contributed by atoms with E-state index in [0.717, 1.165) is 54.9 Å². The van der Waals surface area contributed by atoms with Gasteiger partial charge in [-0.3, -0.25) is 0 Å². The fourth-order valence-corrected chi connectivity index (χ4v) is 3.97. The van der Waals surface area contributed by atoms with Crippen molar-refractivity contribution in [2.24, 2.45) is 5.92 Å². The molecule has 4 heteroatoms. The minimum absolute atomic E-state index is 0.718. The molecule has 0 bridgehead atoms. The summed E-state index contributed by atoms with van der Waals surface area (Å²) in [6, 6.07) is 8.06. The number of hydrogen-bond acceptors (Lipinski definition) is 4. The molecule has 1 aromatic heterocycles. The first-order valence-corrected chi connectivity index (χ1v) is 13.0. The average Bonchev–Trinajstić information content (AvgIpc) is 3.66. The van der Waals surface area contributed by atoms with Crippen molar-refractivity contribution < 1.29 is 9.47 Å². The number of aromatic nitrogens is 2. The van der Waals surface area contributed by atoms with Crippen molar-refractivity contribution in [1.82, 2.24) is 9.97 Å². The van der Waals surface area contributed by atoms with Crippen LogP contribution in [0.3, 0.4) is 0 Å². The van der Waals surface area contributed by atoms with Crippen molar-refractivity contribution in [3.05, 3.63) is 36.7 Å². The molecule has 32 heavy (non-hydrogen) atoms. The van der Waals surface area contributed by atoms with Crippen LogP contribution in [0.4, 0.5) is 0 Å². The Bertz CT molecular complexity index is 726. The number of unbranched alkanes of at least 4 members (excludes halogenated alkanes) is 9. The van der Waals surface area contributed by atoms with Crippen molar-refractivity contribution in [2.75, 3.05) is 13.2 Å². The van der Waals surface area contributed by atoms with Crippen molar-refractivity contribution in [3.63, 3.8) is 0 Å². The van der Waals surface area contributed by atoms with Crippen LogP contribution in [0.15, 0.2) is 36.7 Å². The molecule has 2 aromatic rings. The molecule has 1 aromatic carbocycles. The summed E-state index contributed by atoms with van der Waals surface area (Å²) in [5.41, 5.74) is 0.995. The Morgan fingerprint density at radius 3 is 1.88 bits per heavy atom. The van der Waals surface area contributed by atoms with Crippen LogP contribution in [0, 0.1) is 5.92 Å². The normalized spacial score (nSPS) is 13.3. The predicted molar refractivity (Wildman–Crippen MR) is 132 cm³/mol. The lowest BCUT2D eigenvalue weighted by Crippen LogP contribution is -1.99. The predicted octanol–water partition coefficient (Wildman–Crippen LogP) is 8.01. The zero-order valence-electron chi connectivity index (χ0n) is 20.1. The Balaban J connectivity index is 1.27. The van der Waals surface area contributed by atoms with E-state index in [0.29, 0.717) is 0 Å². The van der Waals surface area contributed by atoms with Crippen LogP contribution < -0.4 is 9.47 Å². The fourth-order valence-electron chi connectivity index (χ4n) is 3.97. The first-order chi connectivity index (χ1) is 15.8. The zero-order chi connectivity index (χ0) is 22.3. The lowest BCUT2D eigenvalue weighted by molar-refractivity contribution is 0.302. The van der Waals surface area contributed by atoms with Gasteiger partial charge in [-0.2, -0.15) is 0 Å². The van der Waals surface area contributed by atoms with Crippen molar-refractivity contribution >= 4 is 0 Å². The van der Waals surface area contributed by atoms with Crippen molar-refractivity contribution in [1.29, 1.82) is 0 Å². The Hall–Kier alpha value is -2.10. The van der Waals surface area contributed by atoms with Gasteiger partial charge >= 0.3 is 0 Å². The summed E-state index contributed by atoms with van der Waals surface area (Å²) in [6.45, 7) is 3.78. The van der Waals surface area contributed by atoms with Crippen LogP contribution in [0.1, 0.15) is 96.8 Å². The molecule has 0 amide bonds. The first-order valence-electron chi connectivity index (χ1n) is 13.0. The van der Waals surface area contributed by atoms with Gasteiger partial charge in [0.25, 0.3) is 0 Å². The van der Waals surface area contributed by atoms with Crippen molar-refractivity contribution in [2.45, 2.75) is 96.8 Å². The second-order valence-corrected chi connectivity index (χ2v) is 9.23. The Morgan fingerprint density at radius 1 is 0.688 bits per heavy atom. The highest BCUT2D eigenvalue weighted by Gasteiger charge is 2.19. The van der Waals surface area contributed by atoms with Crippen LogP contribution in [0.25, 0.3) is 11.4 Å². The van der Waals surface area contributed by atoms with Gasteiger partial charge < -0.3 is 9.47 Å². The Morgan fingerprint density at radius 2 is 1.25 bits per heavy atom. The number of hydrogen-bond donors (Lipinski definition) is 0. The van der Waals surface area contributed by atoms with E-state index in [2.05, 4.69) is 16.9 Å². The van der Waals surface area contributed by atoms with E-state index in [1.165, 1.54) is 77.0 Å². The molecule has 0 spiro atoms. The molecule has 4 nitrogen and oxygen atoms in total. The summed E-state index contributed by atoms with van der Waals surface area (Å²) in [5.74, 6) is 3.45. The number of nitrogens with zero attached hydrogens (tertiary/aromatic N) is 2. The van der Waals surface area contributed by atoms with Gasteiger partial charge in [-0.1, -0.05) is 84.0 Å². The highest BCUT2D eigenvalue weighted by atomic mass is 16.5. The minimum atomic E-state index is 0.718. The maximum absolute atomic E-state index is 5.86. The maximum atomic E-state index is 5.86. The Kier molecular flexibility index (Phi) is 11.4. The highest BCUT2D eigenvalue weighted by molar-refractivity contribution is 5.56. The van der Waals surface area contributed by atoms with Gasteiger partial charge in [-0.15, -0.1) is 0 Å². The molecular weight excluding hydrogens is 396 g/mol. The van der Waals surface area contributed by atoms with Crippen LogP contribution in [0.2, 0.25) is 0 Å². The molecule has 0 atom stereocenters. The molecule has 0 saturated heterocycles. The Labute approximate surface area is 195 Å². The molecule has 1 saturated carbocycles. The van der Waals surface area contributed by atoms with Crippen molar-refractivity contribution in [3.8, 4) is 22.9 Å². The topological polar surface area (TPSA) is 44.2 Å². The molecule has 1 heterocycles. The summed E-state index contributed by atoms with van der Waals surface area (Å²) in [4.78, 5) is 8.95. The van der Waals surface area contributed by atoms with E-state index in [1.54, 1.807) is 12.4 Å². The molecule has 0 aliphatic heterocycles. The van der Waals surface area contributed by atoms with Gasteiger partial charge in [-0.05, 0) is 43.0 Å². The van der Waals surface area contributed by atoms with Crippen LogP contribution >= 0.6 is 0 Å². The second kappa shape index (κ2) is 14.9. The molecule has 176 valence electrons. The molecule has 0 unspecified atom stereocenters. The fraction of sp³-hybridized carbons (Fsp3) is 0.643. The van der Waals surface area contributed by atoms with E-state index >= 15 is 0 Å². The summed E-state index contributed by atoms with van der Waals surface area (Å²) >= 11 is 0. The molecule has 0 radical (unpaired) electrons. The van der Waals surface area contributed by atoms with E-state index in [9.17, 15) is 0 Å². The molecule has 1 aliphatic carbocycles. The van der Waals surface area contributed by atoms with Gasteiger partial charge in [-0.25, -0.2) is 9.97 Å². The summed E-state index contributed by atoms with van der Waals surface area (Å²) in [5, 5.41) is 0. The quantitative estimate of drug-likeness (QED) is 0.221. The minimum Gasteiger partial charge on any atom is -0.494 e. The van der Waals surface area contributed by atoms with Crippen LogP contribution in [-0.4, -0.2) is 23.2 Å². The van der Waals surface area contributed by atoms with Gasteiger partial charge in [0.2, 0.25) is 0 Å². The van der Waals surface area contributed by atoms with Gasteiger partial charge in [0.1, 0.15) is 5.75 Å². The first kappa shape index (κ1) is 24.5. The summed E-state index contributed by atoms with van der Waals surface area (Å²) in [7, 11) is 0. The lowest BCUT2D eigenvalue weighted by atomic mass is 10.1. The highest BCUT2D eigenvalue weighted by Crippen LogP contribution is 2.34. The largest absolute Gasteiger partial charge is 0.494 e. The third-order valence-corrected chi connectivity index (χ3v) is 6.23. The molecular formula is C28H42N2O2. The zero-order valence-corrected chi connectivity index (χ0v) is 20.1. The van der Waals surface area contributed by atoms with Gasteiger partial charge in [0.15, 0.2) is 11.6 Å². The number of benzene rings is 1. The smallest absolute Gasteiger partial charge is 0.159 e. The molecule has 3 rings (SSSR count). The summed E-state index contributed by atoms with van der Waals surface area (Å²) < 4.78 is 11.7. The van der Waals surface area contributed by atoms with Gasteiger partial charge in [0, 0.05) is 5.56 Å². The van der Waals surface area contributed by atoms with E-state index in [1.807, 2.05) is 24.3 Å². The molecule has 0 N–H and O–H groups in total. The van der Waals surface area contributed by atoms with E-state index in [4.69, 9.17) is 9.47 Å². The lowest BCUT2D eigenvalue weighted by Gasteiger charge is -2.08. The number of ether oxygens (including phenoxy) is 2. The van der Waals surface area contributed by atoms with E-state index in [-0.39, 0.29) is 0 Å². The average molecular weight is 439 g/mol. The third kappa shape index (κ3) is 10.0. The van der Waals surface area contributed by atoms with Crippen LogP contribution in [-0.2, 0) is 0 Å². The van der Waals surface area contributed by atoms with Gasteiger partial charge in [0.05, 0.1) is 25.6 Å². The number of rotatable bonds is 18. The maximum Gasteiger partial charge on any atom is 0.159 e. The third-order valence-electron chi connectivity index (χ3n) is 6.23. The standard InChI is InChI=1S/C28H42N2O2/c1-2-3-4-5-8-11-20-31-26-18-16-25(17-19-26)28-29-22-27(23-30-28)32-21-12-9-6-7-10-13-24-14-15-24/h16-19,22-24H,2-15,20-21H2,1H3. The van der Waals surface area contributed by atoms with Crippen LogP contribution in [0.5, 0.6) is 11.5 Å². The molecule has 1 aliphatic rings. The monoisotopic (exact) mass is 438 g/mol. The summed E-state index contributed by atoms with van der Waals surface area (Å²) in [6.07, 6.45) is 22.1. The van der Waals surface area contributed by atoms with E-state index < -0.39 is 0 Å². The molecule has 1 fully saturated rings.